The van der Waals surface area contributed by atoms with Gasteiger partial charge in [-0.3, -0.25) is 9.59 Å². The molecule has 0 radical (unpaired) electrons. The van der Waals surface area contributed by atoms with Gasteiger partial charge in [0.15, 0.2) is 6.61 Å². The average Bonchev–Trinajstić information content (AvgIpc) is 3.06. The number of carbonyl (C=O) groups is 3. The topological polar surface area (TPSA) is 89.4 Å². The molecule has 2 aromatic carbocycles. The Morgan fingerprint density at radius 1 is 0.968 bits per heavy atom. The van der Waals surface area contributed by atoms with Gasteiger partial charge in [-0.15, -0.1) is 0 Å². The minimum atomic E-state index is -0.567. The van der Waals surface area contributed by atoms with E-state index < -0.39 is 18.5 Å². The highest BCUT2D eigenvalue weighted by Gasteiger charge is 2.19. The van der Waals surface area contributed by atoms with Crippen molar-refractivity contribution < 1.29 is 19.1 Å². The fourth-order valence-electron chi connectivity index (χ4n) is 3.44. The van der Waals surface area contributed by atoms with Gasteiger partial charge in [-0.1, -0.05) is 24.3 Å². The summed E-state index contributed by atoms with van der Waals surface area (Å²) in [5.41, 5.74) is 4.99. The zero-order valence-electron chi connectivity index (χ0n) is 18.0. The Balaban J connectivity index is 1.68. The Bertz CT molecular complexity index is 1150. The lowest BCUT2D eigenvalue weighted by Gasteiger charge is -2.12. The van der Waals surface area contributed by atoms with E-state index in [0.29, 0.717) is 16.8 Å². The van der Waals surface area contributed by atoms with Gasteiger partial charge in [0, 0.05) is 35.4 Å². The Hall–Kier alpha value is -3.87. The van der Waals surface area contributed by atoms with Crippen LogP contribution in [0.3, 0.4) is 0 Å². The third-order valence-corrected chi connectivity index (χ3v) is 4.98. The number of amides is 2. The van der Waals surface area contributed by atoms with Crippen LogP contribution in [-0.2, 0) is 9.53 Å². The van der Waals surface area contributed by atoms with Crippen molar-refractivity contribution in [2.24, 2.45) is 0 Å². The number of carbonyl (C=O) groups excluding carboxylic acids is 3. The molecule has 0 saturated heterocycles. The summed E-state index contributed by atoms with van der Waals surface area (Å²) in [6.45, 7) is 5.34. The summed E-state index contributed by atoms with van der Waals surface area (Å²) in [5, 5.41) is 5.16. The highest BCUT2D eigenvalue weighted by Crippen LogP contribution is 2.23. The average molecular weight is 419 g/mol. The molecular formula is C24H25N3O4. The molecule has 0 unspecified atom stereocenters. The summed E-state index contributed by atoms with van der Waals surface area (Å²) in [6.07, 6.45) is 0. The number of para-hydroxylation sites is 1. The fraction of sp³-hybridized carbons (Fsp3) is 0.208. The Labute approximate surface area is 181 Å². The molecular weight excluding hydrogens is 394 g/mol. The molecule has 0 aliphatic heterocycles. The van der Waals surface area contributed by atoms with Gasteiger partial charge in [0.25, 0.3) is 11.8 Å². The van der Waals surface area contributed by atoms with Gasteiger partial charge in [0.05, 0.1) is 5.56 Å². The first kappa shape index (κ1) is 21.8. The minimum absolute atomic E-state index is 0.258. The molecule has 7 heteroatoms. The maximum Gasteiger partial charge on any atom is 0.340 e. The number of aromatic nitrogens is 1. The van der Waals surface area contributed by atoms with Gasteiger partial charge < -0.3 is 19.9 Å². The largest absolute Gasteiger partial charge is 0.452 e. The molecule has 2 amide bonds. The standard InChI is InChI=1S/C24H25N3O4/c1-15-8-5-6-11-21(15)27-16(2)12-20(17(27)3)24(30)31-14-22(28)26-19-10-7-9-18(13-19)23(29)25-4/h5-13H,14H2,1-4H3,(H,25,29)(H,26,28). The molecule has 0 saturated carbocycles. The number of ether oxygens (including phenoxy) is 1. The van der Waals surface area contributed by atoms with E-state index in [0.717, 1.165) is 22.6 Å². The van der Waals surface area contributed by atoms with E-state index in [9.17, 15) is 14.4 Å². The van der Waals surface area contributed by atoms with Crippen LogP contribution in [-0.4, -0.2) is 36.0 Å². The number of benzene rings is 2. The maximum atomic E-state index is 12.6. The predicted octanol–water partition coefficient (Wildman–Crippen LogP) is 3.56. The van der Waals surface area contributed by atoms with Crippen molar-refractivity contribution in [3.8, 4) is 5.69 Å². The Kier molecular flexibility index (Phi) is 6.55. The third kappa shape index (κ3) is 4.83. The highest BCUT2D eigenvalue weighted by molar-refractivity contribution is 5.98. The van der Waals surface area contributed by atoms with E-state index in [2.05, 4.69) is 10.6 Å². The van der Waals surface area contributed by atoms with Crippen molar-refractivity contribution in [1.29, 1.82) is 0 Å². The molecule has 0 atom stereocenters. The molecule has 7 nitrogen and oxygen atoms in total. The summed E-state index contributed by atoms with van der Waals surface area (Å²) in [7, 11) is 1.53. The summed E-state index contributed by atoms with van der Waals surface area (Å²) in [5.74, 6) is -1.32. The molecule has 31 heavy (non-hydrogen) atoms. The van der Waals surface area contributed by atoms with Crippen LogP contribution >= 0.6 is 0 Å². The summed E-state index contributed by atoms with van der Waals surface area (Å²) in [4.78, 5) is 36.6. The molecule has 0 spiro atoms. The first-order chi connectivity index (χ1) is 14.8. The second kappa shape index (κ2) is 9.30. The molecule has 0 fully saturated rings. The van der Waals surface area contributed by atoms with Crippen LogP contribution in [0.4, 0.5) is 5.69 Å². The minimum Gasteiger partial charge on any atom is -0.452 e. The molecule has 1 heterocycles. The zero-order chi connectivity index (χ0) is 22.5. The molecule has 0 aliphatic carbocycles. The second-order valence-corrected chi connectivity index (χ2v) is 7.19. The molecule has 3 rings (SSSR count). The van der Waals surface area contributed by atoms with Crippen LogP contribution in [0.1, 0.15) is 37.7 Å². The zero-order valence-corrected chi connectivity index (χ0v) is 18.0. The molecule has 0 bridgehead atoms. The van der Waals surface area contributed by atoms with Crippen molar-refractivity contribution in [2.75, 3.05) is 19.0 Å². The van der Waals surface area contributed by atoms with Gasteiger partial charge in [0.2, 0.25) is 0 Å². The predicted molar refractivity (Wildman–Crippen MR) is 119 cm³/mol. The SMILES string of the molecule is CNC(=O)c1cccc(NC(=O)COC(=O)c2cc(C)n(-c3ccccc3C)c2C)c1. The smallest absolute Gasteiger partial charge is 0.340 e. The lowest BCUT2D eigenvalue weighted by Crippen LogP contribution is -2.22. The van der Waals surface area contributed by atoms with Gasteiger partial charge in [0.1, 0.15) is 0 Å². The first-order valence-corrected chi connectivity index (χ1v) is 9.86. The van der Waals surface area contributed by atoms with Crippen LogP contribution in [0.25, 0.3) is 5.69 Å². The van der Waals surface area contributed by atoms with Gasteiger partial charge in [-0.25, -0.2) is 4.79 Å². The second-order valence-electron chi connectivity index (χ2n) is 7.19. The van der Waals surface area contributed by atoms with Crippen LogP contribution in [0, 0.1) is 20.8 Å². The van der Waals surface area contributed by atoms with Crippen LogP contribution < -0.4 is 10.6 Å². The Morgan fingerprint density at radius 2 is 1.71 bits per heavy atom. The van der Waals surface area contributed by atoms with Crippen molar-refractivity contribution in [3.05, 3.63) is 82.7 Å². The van der Waals surface area contributed by atoms with E-state index in [1.807, 2.05) is 49.6 Å². The molecule has 0 aliphatic rings. The van der Waals surface area contributed by atoms with E-state index >= 15 is 0 Å². The van der Waals surface area contributed by atoms with E-state index in [-0.39, 0.29) is 5.91 Å². The number of hydrogen-bond acceptors (Lipinski definition) is 4. The quantitative estimate of drug-likeness (QED) is 0.598. The van der Waals surface area contributed by atoms with E-state index in [1.165, 1.54) is 7.05 Å². The molecule has 1 aromatic heterocycles. The van der Waals surface area contributed by atoms with E-state index in [1.54, 1.807) is 30.3 Å². The van der Waals surface area contributed by atoms with Crippen molar-refractivity contribution in [2.45, 2.75) is 20.8 Å². The monoisotopic (exact) mass is 419 g/mol. The molecule has 3 aromatic rings. The van der Waals surface area contributed by atoms with Crippen molar-refractivity contribution >= 4 is 23.5 Å². The lowest BCUT2D eigenvalue weighted by molar-refractivity contribution is -0.119. The summed E-state index contributed by atoms with van der Waals surface area (Å²) in [6, 6.07) is 16.2. The number of anilines is 1. The maximum absolute atomic E-state index is 12.6. The number of nitrogens with one attached hydrogen (secondary N) is 2. The lowest BCUT2D eigenvalue weighted by atomic mass is 10.2. The van der Waals surface area contributed by atoms with Gasteiger partial charge >= 0.3 is 5.97 Å². The van der Waals surface area contributed by atoms with Crippen molar-refractivity contribution in [3.63, 3.8) is 0 Å². The van der Waals surface area contributed by atoms with Crippen LogP contribution in [0.15, 0.2) is 54.6 Å². The summed E-state index contributed by atoms with van der Waals surface area (Å²) >= 11 is 0. The highest BCUT2D eigenvalue weighted by atomic mass is 16.5. The number of esters is 1. The number of aryl methyl sites for hydroxylation is 2. The van der Waals surface area contributed by atoms with Crippen molar-refractivity contribution in [1.82, 2.24) is 9.88 Å². The fourth-order valence-corrected chi connectivity index (χ4v) is 3.44. The first-order valence-electron chi connectivity index (χ1n) is 9.86. The normalized spacial score (nSPS) is 10.5. The number of nitrogens with zero attached hydrogens (tertiary/aromatic N) is 1. The third-order valence-electron chi connectivity index (χ3n) is 4.98. The Morgan fingerprint density at radius 3 is 2.42 bits per heavy atom. The summed E-state index contributed by atoms with van der Waals surface area (Å²) < 4.78 is 7.23. The molecule has 160 valence electrons. The molecule has 2 N–H and O–H groups in total. The van der Waals surface area contributed by atoms with Gasteiger partial charge in [-0.05, 0) is 56.7 Å². The van der Waals surface area contributed by atoms with Crippen LogP contribution in [0.2, 0.25) is 0 Å². The van der Waals surface area contributed by atoms with Gasteiger partial charge in [-0.2, -0.15) is 0 Å². The van der Waals surface area contributed by atoms with Crippen LogP contribution in [0.5, 0.6) is 0 Å². The van der Waals surface area contributed by atoms with E-state index in [4.69, 9.17) is 4.74 Å². The number of hydrogen-bond donors (Lipinski definition) is 2. The number of rotatable bonds is 6.